The normalized spacial score (nSPS) is 11.0. The highest BCUT2D eigenvalue weighted by molar-refractivity contribution is 7.90. The van der Waals surface area contributed by atoms with Crippen LogP contribution in [0.2, 0.25) is 0 Å². The summed E-state index contributed by atoms with van der Waals surface area (Å²) in [5.74, 6) is -0.921. The molecule has 1 aromatic heterocycles. The number of guanidine groups is 1. The highest BCUT2D eigenvalue weighted by Gasteiger charge is 2.29. The molecule has 0 spiro atoms. The molecule has 13 heteroatoms. The summed E-state index contributed by atoms with van der Waals surface area (Å²) in [6.07, 6.45) is 0.891. The predicted octanol–water partition coefficient (Wildman–Crippen LogP) is 2.41. The van der Waals surface area contributed by atoms with Gasteiger partial charge in [-0.2, -0.15) is 9.97 Å². The van der Waals surface area contributed by atoms with Crippen LogP contribution in [0, 0.1) is 17.0 Å². The summed E-state index contributed by atoms with van der Waals surface area (Å²) in [6, 6.07) is 13.7. The standard InChI is InChI=1S/C20H21N7O5S/c1-12-8-14(24-19(21)22)10-15(9-12)32-18-16(27(28)29)17(25-20(26-18)33(2,30)31)23-11-13-6-4-3-5-7-13/h3-10H,11H2,1-2H3,(H4,21,22,24)(H,23,25,26). The van der Waals surface area contributed by atoms with Gasteiger partial charge >= 0.3 is 11.6 Å². The van der Waals surface area contributed by atoms with E-state index in [1.165, 1.54) is 6.07 Å². The number of aromatic nitrogens is 2. The average molecular weight is 471 g/mol. The van der Waals surface area contributed by atoms with Crippen molar-refractivity contribution in [1.82, 2.24) is 9.97 Å². The number of nitrogens with one attached hydrogen (secondary N) is 1. The van der Waals surface area contributed by atoms with Crippen molar-refractivity contribution in [1.29, 1.82) is 0 Å². The van der Waals surface area contributed by atoms with Crippen LogP contribution in [0.15, 0.2) is 58.7 Å². The molecule has 0 saturated carbocycles. The maximum absolute atomic E-state index is 12.2. The van der Waals surface area contributed by atoms with Gasteiger partial charge in [-0.3, -0.25) is 10.1 Å². The van der Waals surface area contributed by atoms with Gasteiger partial charge in [0.1, 0.15) is 5.75 Å². The number of benzene rings is 2. The molecule has 0 fully saturated rings. The number of nitrogens with two attached hydrogens (primary N) is 2. The minimum absolute atomic E-state index is 0.116. The molecule has 0 aliphatic carbocycles. The number of anilines is 1. The van der Waals surface area contributed by atoms with Crippen molar-refractivity contribution in [3.8, 4) is 11.6 Å². The van der Waals surface area contributed by atoms with Crippen LogP contribution in [0.5, 0.6) is 11.6 Å². The van der Waals surface area contributed by atoms with Crippen molar-refractivity contribution in [2.24, 2.45) is 16.5 Å². The van der Waals surface area contributed by atoms with Gasteiger partial charge in [-0.05, 0) is 30.2 Å². The Morgan fingerprint density at radius 1 is 1.18 bits per heavy atom. The molecule has 0 saturated heterocycles. The second-order valence-corrected chi connectivity index (χ2v) is 8.93. The molecule has 1 heterocycles. The monoisotopic (exact) mass is 471 g/mol. The molecule has 0 amide bonds. The quantitative estimate of drug-likeness (QED) is 0.145. The molecule has 0 aliphatic heterocycles. The second kappa shape index (κ2) is 9.48. The number of aryl methyl sites for hydroxylation is 1. The van der Waals surface area contributed by atoms with E-state index < -0.39 is 31.5 Å². The van der Waals surface area contributed by atoms with Crippen LogP contribution in [0.1, 0.15) is 11.1 Å². The lowest BCUT2D eigenvalue weighted by Gasteiger charge is -2.12. The maximum atomic E-state index is 12.2. The highest BCUT2D eigenvalue weighted by Crippen LogP contribution is 2.37. The van der Waals surface area contributed by atoms with Gasteiger partial charge in [0.2, 0.25) is 15.7 Å². The molecule has 2 aromatic carbocycles. The third kappa shape index (κ3) is 6.13. The fraction of sp³-hybridized carbons (Fsp3) is 0.150. The zero-order chi connectivity index (χ0) is 24.2. The Bertz CT molecular complexity index is 1320. The second-order valence-electron chi connectivity index (χ2n) is 7.02. The lowest BCUT2D eigenvalue weighted by molar-refractivity contribution is -0.385. The van der Waals surface area contributed by atoms with Gasteiger partial charge in [-0.15, -0.1) is 0 Å². The third-order valence-corrected chi connectivity index (χ3v) is 5.00. The minimum atomic E-state index is -3.92. The zero-order valence-corrected chi connectivity index (χ0v) is 18.5. The number of hydrogen-bond acceptors (Lipinski definition) is 9. The van der Waals surface area contributed by atoms with E-state index in [4.69, 9.17) is 16.2 Å². The van der Waals surface area contributed by atoms with E-state index in [0.29, 0.717) is 11.3 Å². The fourth-order valence-corrected chi connectivity index (χ4v) is 3.34. The maximum Gasteiger partial charge on any atom is 0.373 e. The van der Waals surface area contributed by atoms with Gasteiger partial charge in [0.05, 0.1) is 10.6 Å². The van der Waals surface area contributed by atoms with Gasteiger partial charge in [-0.25, -0.2) is 13.4 Å². The van der Waals surface area contributed by atoms with E-state index >= 15 is 0 Å². The molecule has 5 N–H and O–H groups in total. The molecule has 0 radical (unpaired) electrons. The van der Waals surface area contributed by atoms with E-state index in [1.807, 2.05) is 6.07 Å². The zero-order valence-electron chi connectivity index (χ0n) is 17.7. The first-order valence-electron chi connectivity index (χ1n) is 9.46. The highest BCUT2D eigenvalue weighted by atomic mass is 32.2. The summed E-state index contributed by atoms with van der Waals surface area (Å²) in [5.41, 5.74) is 12.0. The van der Waals surface area contributed by atoms with E-state index in [2.05, 4.69) is 20.3 Å². The molecule has 3 aromatic rings. The van der Waals surface area contributed by atoms with E-state index in [-0.39, 0.29) is 24.1 Å². The van der Waals surface area contributed by atoms with Gasteiger partial charge in [0, 0.05) is 18.9 Å². The Labute approximate surface area is 189 Å². The number of hydrogen-bond donors (Lipinski definition) is 3. The van der Waals surface area contributed by atoms with Crippen molar-refractivity contribution in [3.05, 3.63) is 69.8 Å². The van der Waals surface area contributed by atoms with Gasteiger partial charge in [-0.1, -0.05) is 30.3 Å². The van der Waals surface area contributed by atoms with Crippen LogP contribution in [0.4, 0.5) is 17.2 Å². The Kier molecular flexibility index (Phi) is 6.72. The number of nitro groups is 1. The number of sulfone groups is 1. The van der Waals surface area contributed by atoms with Crippen molar-refractivity contribution in [2.45, 2.75) is 18.6 Å². The summed E-state index contributed by atoms with van der Waals surface area (Å²) < 4.78 is 30.0. The molecule has 3 rings (SSSR count). The van der Waals surface area contributed by atoms with Crippen molar-refractivity contribution < 1.29 is 18.1 Å². The lowest BCUT2D eigenvalue weighted by atomic mass is 10.2. The smallest absolute Gasteiger partial charge is 0.373 e. The van der Waals surface area contributed by atoms with Crippen molar-refractivity contribution in [2.75, 3.05) is 11.6 Å². The Balaban J connectivity index is 2.10. The van der Waals surface area contributed by atoms with Gasteiger partial charge in [0.25, 0.3) is 5.16 Å². The van der Waals surface area contributed by atoms with Crippen molar-refractivity contribution >= 4 is 33.0 Å². The van der Waals surface area contributed by atoms with E-state index in [0.717, 1.165) is 11.8 Å². The first-order valence-corrected chi connectivity index (χ1v) is 11.4. The average Bonchev–Trinajstić information content (AvgIpc) is 2.70. The van der Waals surface area contributed by atoms with Crippen LogP contribution < -0.4 is 21.5 Å². The molecular formula is C20H21N7O5S. The Morgan fingerprint density at radius 3 is 2.48 bits per heavy atom. The summed E-state index contributed by atoms with van der Waals surface area (Å²) in [6.45, 7) is 1.89. The largest absolute Gasteiger partial charge is 0.433 e. The van der Waals surface area contributed by atoms with Crippen LogP contribution in [-0.2, 0) is 16.4 Å². The fourth-order valence-electron chi connectivity index (χ4n) is 2.83. The first kappa shape index (κ1) is 23.4. The number of rotatable bonds is 8. The SMILES string of the molecule is Cc1cc(N=C(N)N)cc(Oc2nc(S(C)(=O)=O)nc(NCc3ccccc3)c2[N+](=O)[O-])c1. The molecule has 12 nitrogen and oxygen atoms in total. The molecule has 33 heavy (non-hydrogen) atoms. The van der Waals surface area contributed by atoms with Crippen LogP contribution >= 0.6 is 0 Å². The lowest BCUT2D eigenvalue weighted by Crippen LogP contribution is -2.21. The summed E-state index contributed by atoms with van der Waals surface area (Å²) in [7, 11) is -3.92. The summed E-state index contributed by atoms with van der Waals surface area (Å²) in [4.78, 5) is 22.8. The summed E-state index contributed by atoms with van der Waals surface area (Å²) in [5, 5.41) is 14.1. The van der Waals surface area contributed by atoms with Crippen LogP contribution in [0.25, 0.3) is 0 Å². The molecule has 0 unspecified atom stereocenters. The van der Waals surface area contributed by atoms with E-state index in [9.17, 15) is 18.5 Å². The van der Waals surface area contributed by atoms with E-state index in [1.54, 1.807) is 43.3 Å². The van der Waals surface area contributed by atoms with Crippen LogP contribution in [-0.4, -0.2) is 35.5 Å². The number of aliphatic imine (C=N–C) groups is 1. The first-order chi connectivity index (χ1) is 15.5. The Morgan fingerprint density at radius 2 is 1.88 bits per heavy atom. The molecule has 0 aliphatic rings. The number of nitrogens with zero attached hydrogens (tertiary/aromatic N) is 4. The summed E-state index contributed by atoms with van der Waals surface area (Å²) >= 11 is 0. The third-order valence-electron chi connectivity index (χ3n) is 4.16. The Hall–Kier alpha value is -4.26. The minimum Gasteiger partial charge on any atom is -0.433 e. The van der Waals surface area contributed by atoms with Crippen molar-refractivity contribution in [3.63, 3.8) is 0 Å². The number of ether oxygens (including phenoxy) is 1. The topological polar surface area (TPSA) is 189 Å². The van der Waals surface area contributed by atoms with Gasteiger partial charge < -0.3 is 21.5 Å². The molecule has 172 valence electrons. The van der Waals surface area contributed by atoms with Gasteiger partial charge in [0.15, 0.2) is 5.96 Å². The molecule has 0 atom stereocenters. The predicted molar refractivity (Wildman–Crippen MR) is 122 cm³/mol. The molecular weight excluding hydrogens is 450 g/mol. The molecule has 0 bridgehead atoms. The van der Waals surface area contributed by atoms with Crippen LogP contribution in [0.3, 0.4) is 0 Å².